The van der Waals surface area contributed by atoms with Gasteiger partial charge in [0.15, 0.2) is 5.82 Å². The van der Waals surface area contributed by atoms with Crippen LogP contribution < -0.4 is 5.32 Å². The maximum atomic E-state index is 14.4. The average Bonchev–Trinajstić information content (AvgIpc) is 3.30. The molecule has 2 aromatic rings. The van der Waals surface area contributed by atoms with Crippen LogP contribution >= 0.6 is 0 Å². The second-order valence-electron chi connectivity index (χ2n) is 7.38. The van der Waals surface area contributed by atoms with Crippen molar-refractivity contribution in [3.8, 4) is 11.3 Å². The molecule has 2 fully saturated rings. The average molecular weight is 381 g/mol. The van der Waals surface area contributed by atoms with E-state index >= 15 is 0 Å². The van der Waals surface area contributed by atoms with E-state index in [1.807, 2.05) is 0 Å². The molecule has 2 saturated carbocycles. The minimum absolute atomic E-state index is 0.0460. The fourth-order valence-electron chi connectivity index (χ4n) is 3.68. The van der Waals surface area contributed by atoms with Crippen molar-refractivity contribution in [2.45, 2.75) is 44.2 Å². The third-order valence-electron chi connectivity index (χ3n) is 5.69. The van der Waals surface area contributed by atoms with Crippen LogP contribution in [0.4, 0.5) is 23.4 Å². The lowest BCUT2D eigenvalue weighted by Crippen LogP contribution is -2.37. The summed E-state index contributed by atoms with van der Waals surface area (Å²) in [5.41, 5.74) is -0.864. The first-order valence-corrected chi connectivity index (χ1v) is 8.94. The molecule has 1 amide bonds. The van der Waals surface area contributed by atoms with Crippen molar-refractivity contribution in [3.63, 3.8) is 0 Å². The molecule has 4 nitrogen and oxygen atoms in total. The van der Waals surface area contributed by atoms with Gasteiger partial charge in [-0.3, -0.25) is 9.48 Å². The molecular formula is C19H19F4N3O. The lowest BCUT2D eigenvalue weighted by Gasteiger charge is -2.27. The summed E-state index contributed by atoms with van der Waals surface area (Å²) in [4.78, 5) is 12.4. The molecule has 1 heterocycles. The summed E-state index contributed by atoms with van der Waals surface area (Å²) in [6.45, 7) is 0. The van der Waals surface area contributed by atoms with Gasteiger partial charge in [0.05, 0.1) is 5.69 Å². The van der Waals surface area contributed by atoms with Gasteiger partial charge in [-0.25, -0.2) is 4.39 Å². The summed E-state index contributed by atoms with van der Waals surface area (Å²) in [7, 11) is 1.61. The Morgan fingerprint density at radius 2 is 1.93 bits per heavy atom. The number of rotatable bonds is 4. The van der Waals surface area contributed by atoms with Crippen LogP contribution in [0.25, 0.3) is 11.3 Å². The lowest BCUT2D eigenvalue weighted by molar-refractivity contribution is -0.189. The van der Waals surface area contributed by atoms with Crippen molar-refractivity contribution in [2.75, 3.05) is 5.32 Å². The Labute approximate surface area is 153 Å². The molecule has 1 N–H and O–H groups in total. The topological polar surface area (TPSA) is 46.9 Å². The molecule has 4 rings (SSSR count). The number of carbonyl (C=O) groups excluding carboxylic acids is 1. The summed E-state index contributed by atoms with van der Waals surface area (Å²) < 4.78 is 55.6. The summed E-state index contributed by atoms with van der Waals surface area (Å²) in [6.07, 6.45) is -2.37. The number of amides is 1. The van der Waals surface area contributed by atoms with Crippen molar-refractivity contribution in [1.29, 1.82) is 0 Å². The van der Waals surface area contributed by atoms with E-state index in [-0.39, 0.29) is 24.6 Å². The molecule has 1 aromatic heterocycles. The normalized spacial score (nSPS) is 18.9. The first kappa shape index (κ1) is 18.0. The van der Waals surface area contributed by atoms with Crippen LogP contribution in [0, 0.1) is 11.2 Å². The number of nitrogens with zero attached hydrogens (tertiary/aromatic N) is 2. The highest BCUT2D eigenvalue weighted by Gasteiger charge is 2.68. The van der Waals surface area contributed by atoms with Crippen molar-refractivity contribution in [1.82, 2.24) is 9.78 Å². The maximum Gasteiger partial charge on any atom is 0.403 e. The zero-order valence-electron chi connectivity index (χ0n) is 14.7. The largest absolute Gasteiger partial charge is 0.403 e. The Balaban J connectivity index is 1.75. The molecule has 0 spiro atoms. The Hall–Kier alpha value is -2.38. The first-order chi connectivity index (χ1) is 12.7. The molecule has 0 aliphatic heterocycles. The molecule has 8 heteroatoms. The molecule has 144 valence electrons. The fourth-order valence-corrected chi connectivity index (χ4v) is 3.68. The minimum Gasteiger partial charge on any atom is -0.308 e. The third kappa shape index (κ3) is 2.82. The second-order valence-corrected chi connectivity index (χ2v) is 7.38. The highest BCUT2D eigenvalue weighted by Crippen LogP contribution is 2.58. The number of aryl methyl sites for hydroxylation is 1. The number of hydrogen-bond donors (Lipinski definition) is 1. The minimum atomic E-state index is -4.59. The second kappa shape index (κ2) is 6.07. The van der Waals surface area contributed by atoms with E-state index in [9.17, 15) is 22.4 Å². The van der Waals surface area contributed by atoms with Crippen LogP contribution in [0.1, 0.15) is 43.6 Å². The SMILES string of the molecule is Cn1nc(NC(=O)C2(C(F)(F)F)CC2)c(C2CCC2)c1-c1ccccc1F. The van der Waals surface area contributed by atoms with E-state index in [4.69, 9.17) is 0 Å². The molecule has 27 heavy (non-hydrogen) atoms. The number of anilines is 1. The van der Waals surface area contributed by atoms with Crippen molar-refractivity contribution in [2.24, 2.45) is 12.5 Å². The third-order valence-corrected chi connectivity index (χ3v) is 5.69. The van der Waals surface area contributed by atoms with E-state index in [1.165, 1.54) is 10.7 Å². The van der Waals surface area contributed by atoms with Gasteiger partial charge in [0.1, 0.15) is 11.2 Å². The monoisotopic (exact) mass is 381 g/mol. The van der Waals surface area contributed by atoms with Gasteiger partial charge in [-0.05, 0) is 43.7 Å². The number of aromatic nitrogens is 2. The molecular weight excluding hydrogens is 362 g/mol. The van der Waals surface area contributed by atoms with Gasteiger partial charge in [0.25, 0.3) is 0 Å². The number of benzene rings is 1. The molecule has 0 saturated heterocycles. The van der Waals surface area contributed by atoms with Crippen molar-refractivity contribution < 1.29 is 22.4 Å². The van der Waals surface area contributed by atoms with Gasteiger partial charge >= 0.3 is 6.18 Å². The molecule has 2 aliphatic rings. The van der Waals surface area contributed by atoms with Crippen LogP contribution in [0.3, 0.4) is 0 Å². The van der Waals surface area contributed by atoms with Crippen LogP contribution in [-0.2, 0) is 11.8 Å². The standard InChI is InChI=1S/C19H19F4N3O/c1-26-15(12-7-2-3-8-13(12)20)14(11-5-4-6-11)16(25-26)24-17(27)18(9-10-18)19(21,22)23/h2-3,7-8,11H,4-6,9-10H2,1H3,(H,24,25,27). The summed E-state index contributed by atoms with van der Waals surface area (Å²) in [5, 5.41) is 6.65. The quantitative estimate of drug-likeness (QED) is 0.775. The predicted molar refractivity (Wildman–Crippen MR) is 91.5 cm³/mol. The Morgan fingerprint density at radius 1 is 1.26 bits per heavy atom. The molecule has 0 atom stereocenters. The summed E-state index contributed by atoms with van der Waals surface area (Å²) >= 11 is 0. The first-order valence-electron chi connectivity index (χ1n) is 8.94. The van der Waals surface area contributed by atoms with Crippen LogP contribution in [0.2, 0.25) is 0 Å². The summed E-state index contributed by atoms with van der Waals surface area (Å²) in [5.74, 6) is -1.35. The van der Waals surface area contributed by atoms with E-state index < -0.39 is 23.3 Å². The smallest absolute Gasteiger partial charge is 0.308 e. The number of hydrogen-bond acceptors (Lipinski definition) is 2. The molecule has 0 radical (unpaired) electrons. The Kier molecular flexibility index (Phi) is 4.05. The molecule has 1 aromatic carbocycles. The maximum absolute atomic E-state index is 14.4. The van der Waals surface area contributed by atoms with Crippen LogP contribution in [0.15, 0.2) is 24.3 Å². The van der Waals surface area contributed by atoms with E-state index in [2.05, 4.69) is 10.4 Å². The van der Waals surface area contributed by atoms with Gasteiger partial charge in [-0.15, -0.1) is 0 Å². The van der Waals surface area contributed by atoms with Gasteiger partial charge < -0.3 is 5.32 Å². The zero-order valence-corrected chi connectivity index (χ0v) is 14.7. The van der Waals surface area contributed by atoms with Gasteiger partial charge in [-0.1, -0.05) is 18.6 Å². The predicted octanol–water partition coefficient (Wildman–Crippen LogP) is 4.77. The fraction of sp³-hybridized carbons (Fsp3) is 0.474. The van der Waals surface area contributed by atoms with E-state index in [0.29, 0.717) is 16.8 Å². The lowest BCUT2D eigenvalue weighted by atomic mass is 9.78. The Morgan fingerprint density at radius 3 is 2.44 bits per heavy atom. The van der Waals surface area contributed by atoms with Gasteiger partial charge in [-0.2, -0.15) is 18.3 Å². The van der Waals surface area contributed by atoms with E-state index in [0.717, 1.165) is 19.3 Å². The van der Waals surface area contributed by atoms with Gasteiger partial charge in [0, 0.05) is 18.2 Å². The highest BCUT2D eigenvalue weighted by molar-refractivity contribution is 5.98. The molecule has 2 aliphatic carbocycles. The summed E-state index contributed by atoms with van der Waals surface area (Å²) in [6, 6.07) is 6.20. The molecule has 0 unspecified atom stereocenters. The number of halogens is 4. The molecule has 0 bridgehead atoms. The highest BCUT2D eigenvalue weighted by atomic mass is 19.4. The van der Waals surface area contributed by atoms with Crippen molar-refractivity contribution in [3.05, 3.63) is 35.6 Å². The van der Waals surface area contributed by atoms with Crippen LogP contribution in [0.5, 0.6) is 0 Å². The Bertz CT molecular complexity index is 895. The van der Waals surface area contributed by atoms with Gasteiger partial charge in [0.2, 0.25) is 5.91 Å². The number of nitrogens with one attached hydrogen (secondary N) is 1. The zero-order chi connectivity index (χ0) is 19.4. The van der Waals surface area contributed by atoms with E-state index in [1.54, 1.807) is 25.2 Å². The van der Waals surface area contributed by atoms with Crippen LogP contribution in [-0.4, -0.2) is 21.9 Å². The van der Waals surface area contributed by atoms with Crippen molar-refractivity contribution >= 4 is 11.7 Å². The number of carbonyl (C=O) groups is 1. The number of alkyl halides is 3.